The minimum Gasteiger partial charge on any atom is -0.323 e. The van der Waals surface area contributed by atoms with E-state index in [1.165, 1.54) is 11.1 Å². The molecule has 7 heteroatoms. The molecule has 0 saturated carbocycles. The lowest BCUT2D eigenvalue weighted by Crippen LogP contribution is -2.52. The van der Waals surface area contributed by atoms with Crippen molar-refractivity contribution < 1.29 is 14.4 Å². The topological polar surface area (TPSA) is 105 Å². The van der Waals surface area contributed by atoms with E-state index in [0.717, 1.165) is 24.0 Å². The monoisotopic (exact) mass is 418 g/mol. The van der Waals surface area contributed by atoms with Crippen LogP contribution >= 0.6 is 0 Å². The molecule has 3 amide bonds. The quantitative estimate of drug-likeness (QED) is 0.630. The Kier molecular flexibility index (Phi) is 4.87. The lowest BCUT2D eigenvalue weighted by Gasteiger charge is -2.29. The molecule has 2 aliphatic heterocycles. The number of amides is 3. The summed E-state index contributed by atoms with van der Waals surface area (Å²) in [5.74, 6) is -0.806. The summed E-state index contributed by atoms with van der Waals surface area (Å²) in [4.78, 5) is 38.1. The number of nitrogens with two attached hydrogens (primary N) is 1. The maximum Gasteiger partial charge on any atom is 0.255 e. The second-order valence-electron chi connectivity index (χ2n) is 8.98. The van der Waals surface area contributed by atoms with Crippen LogP contribution in [0.1, 0.15) is 45.5 Å². The number of nitrogens with zero attached hydrogens (tertiary/aromatic N) is 1. The van der Waals surface area contributed by atoms with Gasteiger partial charge >= 0.3 is 0 Å². The fourth-order valence-corrected chi connectivity index (χ4v) is 5.02. The molecule has 4 N–H and O–H groups in total. The third-order valence-electron chi connectivity index (χ3n) is 6.60. The van der Waals surface area contributed by atoms with Crippen molar-refractivity contribution in [3.05, 3.63) is 70.3 Å². The molecule has 2 aromatic rings. The fraction of sp³-hybridized carbons (Fsp3) is 0.375. The molecule has 1 saturated heterocycles. The van der Waals surface area contributed by atoms with Gasteiger partial charge in [0.2, 0.25) is 11.8 Å². The Morgan fingerprint density at radius 2 is 1.81 bits per heavy atom. The average molecular weight is 418 g/mol. The summed E-state index contributed by atoms with van der Waals surface area (Å²) < 4.78 is 0. The molecule has 2 heterocycles. The van der Waals surface area contributed by atoms with Crippen LogP contribution in [0.25, 0.3) is 0 Å². The van der Waals surface area contributed by atoms with E-state index in [2.05, 4.69) is 34.9 Å². The standard InChI is InChI=1S/C24H26N4O3/c25-24(10-16-3-1-2-4-17(16)11-24)14-26-12-15-5-6-18-13-28(23(31)19(18)9-15)20-7-8-21(29)27-22(20)30/h1-6,9,20,26H,7-8,10-14,25H2,(H,27,29,30). The van der Waals surface area contributed by atoms with E-state index in [-0.39, 0.29) is 29.7 Å². The van der Waals surface area contributed by atoms with Crippen molar-refractivity contribution in [1.29, 1.82) is 0 Å². The molecule has 2 aromatic carbocycles. The van der Waals surface area contributed by atoms with Gasteiger partial charge in [-0.3, -0.25) is 19.7 Å². The lowest BCUT2D eigenvalue weighted by atomic mass is 9.97. The van der Waals surface area contributed by atoms with Crippen LogP contribution < -0.4 is 16.4 Å². The molecule has 31 heavy (non-hydrogen) atoms. The van der Waals surface area contributed by atoms with E-state index < -0.39 is 6.04 Å². The Hall–Kier alpha value is -3.03. The van der Waals surface area contributed by atoms with Gasteiger partial charge in [0.15, 0.2) is 0 Å². The van der Waals surface area contributed by atoms with Gasteiger partial charge in [0.05, 0.1) is 0 Å². The lowest BCUT2D eigenvalue weighted by molar-refractivity contribution is -0.136. The maximum absolute atomic E-state index is 13.0. The number of imide groups is 1. The van der Waals surface area contributed by atoms with E-state index in [0.29, 0.717) is 31.6 Å². The van der Waals surface area contributed by atoms with Gasteiger partial charge in [0.1, 0.15) is 6.04 Å². The summed E-state index contributed by atoms with van der Waals surface area (Å²) in [5.41, 5.74) is 11.5. The molecule has 7 nitrogen and oxygen atoms in total. The number of piperidine rings is 1. The van der Waals surface area contributed by atoms with Crippen LogP contribution in [0.5, 0.6) is 0 Å². The van der Waals surface area contributed by atoms with Crippen LogP contribution in [0.3, 0.4) is 0 Å². The molecular weight excluding hydrogens is 392 g/mol. The van der Waals surface area contributed by atoms with Crippen molar-refractivity contribution in [3.8, 4) is 0 Å². The first-order valence-electron chi connectivity index (χ1n) is 10.7. The first-order chi connectivity index (χ1) is 14.9. The van der Waals surface area contributed by atoms with E-state index >= 15 is 0 Å². The normalized spacial score (nSPS) is 21.8. The van der Waals surface area contributed by atoms with Crippen LogP contribution in [0.15, 0.2) is 42.5 Å². The SMILES string of the molecule is NC1(CNCc2ccc3c(c2)C(=O)N(C2CCC(=O)NC2=O)C3)Cc2ccccc2C1. The minimum atomic E-state index is -0.583. The average Bonchev–Trinajstić information content (AvgIpc) is 3.24. The first kappa shape index (κ1) is 19.9. The molecule has 0 spiro atoms. The molecule has 0 radical (unpaired) electrons. The number of hydrogen-bond donors (Lipinski definition) is 3. The van der Waals surface area contributed by atoms with Gasteiger partial charge in [-0.15, -0.1) is 0 Å². The highest BCUT2D eigenvalue weighted by atomic mass is 16.2. The van der Waals surface area contributed by atoms with Crippen LogP contribution in [-0.4, -0.2) is 40.7 Å². The van der Waals surface area contributed by atoms with Gasteiger partial charge in [0, 0.05) is 37.2 Å². The summed E-state index contributed by atoms with van der Waals surface area (Å²) in [7, 11) is 0. The van der Waals surface area contributed by atoms with Crippen LogP contribution in [0.4, 0.5) is 0 Å². The Labute approximate surface area is 181 Å². The van der Waals surface area contributed by atoms with Crippen molar-refractivity contribution in [2.24, 2.45) is 5.73 Å². The number of benzene rings is 2. The first-order valence-corrected chi connectivity index (χ1v) is 10.7. The Morgan fingerprint density at radius 3 is 2.52 bits per heavy atom. The smallest absolute Gasteiger partial charge is 0.255 e. The zero-order valence-corrected chi connectivity index (χ0v) is 17.3. The van der Waals surface area contributed by atoms with E-state index in [1.807, 2.05) is 18.2 Å². The van der Waals surface area contributed by atoms with Gasteiger partial charge in [-0.1, -0.05) is 36.4 Å². The second kappa shape index (κ2) is 7.59. The molecule has 5 rings (SSSR count). The summed E-state index contributed by atoms with van der Waals surface area (Å²) in [6.45, 7) is 1.71. The summed E-state index contributed by atoms with van der Waals surface area (Å²) in [6.07, 6.45) is 2.36. The highest BCUT2D eigenvalue weighted by molar-refractivity contribution is 6.05. The van der Waals surface area contributed by atoms with Crippen molar-refractivity contribution in [2.75, 3.05) is 6.54 Å². The Bertz CT molecular complexity index is 1060. The predicted molar refractivity (Wildman–Crippen MR) is 115 cm³/mol. The number of carbonyl (C=O) groups is 3. The summed E-state index contributed by atoms with van der Waals surface area (Å²) in [5, 5.41) is 5.80. The number of carbonyl (C=O) groups excluding carboxylic acids is 3. The van der Waals surface area contributed by atoms with Crippen LogP contribution in [0, 0.1) is 0 Å². The van der Waals surface area contributed by atoms with Gasteiger partial charge < -0.3 is 16.0 Å². The van der Waals surface area contributed by atoms with Gasteiger partial charge in [-0.2, -0.15) is 0 Å². The Balaban J connectivity index is 1.21. The zero-order chi connectivity index (χ0) is 21.6. The molecule has 160 valence electrons. The molecule has 3 aliphatic rings. The number of rotatable bonds is 5. The van der Waals surface area contributed by atoms with E-state index in [9.17, 15) is 14.4 Å². The van der Waals surface area contributed by atoms with E-state index in [1.54, 1.807) is 4.90 Å². The number of hydrogen-bond acceptors (Lipinski definition) is 5. The fourth-order valence-electron chi connectivity index (χ4n) is 5.02. The van der Waals surface area contributed by atoms with Crippen molar-refractivity contribution >= 4 is 17.7 Å². The third-order valence-corrected chi connectivity index (χ3v) is 6.60. The highest BCUT2D eigenvalue weighted by Crippen LogP contribution is 2.29. The van der Waals surface area contributed by atoms with Crippen LogP contribution in [0.2, 0.25) is 0 Å². The maximum atomic E-state index is 13.0. The Morgan fingerprint density at radius 1 is 1.06 bits per heavy atom. The summed E-state index contributed by atoms with van der Waals surface area (Å²) in [6, 6.07) is 13.7. The minimum absolute atomic E-state index is 0.145. The number of nitrogens with one attached hydrogen (secondary N) is 2. The highest BCUT2D eigenvalue weighted by Gasteiger charge is 2.39. The zero-order valence-electron chi connectivity index (χ0n) is 17.3. The van der Waals surface area contributed by atoms with Crippen molar-refractivity contribution in [3.63, 3.8) is 0 Å². The number of fused-ring (bicyclic) bond motifs is 2. The van der Waals surface area contributed by atoms with Crippen molar-refractivity contribution in [2.45, 2.75) is 50.4 Å². The van der Waals surface area contributed by atoms with Crippen molar-refractivity contribution in [1.82, 2.24) is 15.5 Å². The van der Waals surface area contributed by atoms with Crippen LogP contribution in [-0.2, 0) is 35.5 Å². The van der Waals surface area contributed by atoms with Gasteiger partial charge in [0.25, 0.3) is 5.91 Å². The van der Waals surface area contributed by atoms with Gasteiger partial charge in [-0.25, -0.2) is 0 Å². The molecular formula is C24H26N4O3. The van der Waals surface area contributed by atoms with Gasteiger partial charge in [-0.05, 0) is 47.6 Å². The summed E-state index contributed by atoms with van der Waals surface area (Å²) >= 11 is 0. The molecule has 1 unspecified atom stereocenters. The third kappa shape index (κ3) is 3.75. The largest absolute Gasteiger partial charge is 0.323 e. The molecule has 0 bridgehead atoms. The molecule has 0 aromatic heterocycles. The molecule has 1 fully saturated rings. The van der Waals surface area contributed by atoms with E-state index in [4.69, 9.17) is 5.73 Å². The predicted octanol–water partition coefficient (Wildman–Crippen LogP) is 1.03. The molecule has 1 atom stereocenters. The molecule has 1 aliphatic carbocycles. The second-order valence-corrected chi connectivity index (χ2v) is 8.98.